The first-order chi connectivity index (χ1) is 25.7. The maximum atomic E-state index is 16.0. The second-order valence-electron chi connectivity index (χ2n) is 12.7. The third-order valence-electron chi connectivity index (χ3n) is 9.39. The molecule has 7 aromatic carbocycles. The molecule has 1 aliphatic heterocycles. The topological polar surface area (TPSA) is 49.3 Å². The van der Waals surface area contributed by atoms with E-state index in [2.05, 4.69) is 72.8 Å². The molecule has 1 unspecified atom stereocenters. The van der Waals surface area contributed by atoms with E-state index in [1.807, 2.05) is 137 Å². The van der Waals surface area contributed by atoms with Gasteiger partial charge in [-0.2, -0.15) is 0 Å². The molecule has 0 radical (unpaired) electrons. The van der Waals surface area contributed by atoms with E-state index in [-0.39, 0.29) is 0 Å². The molecule has 8 aromatic rings. The molecule has 1 atom stereocenters. The fourth-order valence-corrected chi connectivity index (χ4v) is 9.95. The average Bonchev–Trinajstić information content (AvgIpc) is 3.50. The SMILES string of the molecule is O=P1(c2ccccc2)N(c2ccccc2)c2ccc(-c3cccc(-c4nc(-c5ccccc5)cc(-c5ccccc5)n4)c3)cc2N1c1ccccc1. The first kappa shape index (κ1) is 31.4. The van der Waals surface area contributed by atoms with Gasteiger partial charge in [0.25, 0.3) is 0 Å². The summed E-state index contributed by atoms with van der Waals surface area (Å²) in [5.41, 5.74) is 10.2. The molecule has 6 heteroatoms. The number of hydrogen-bond acceptors (Lipinski definition) is 3. The Morgan fingerprint density at radius 2 is 0.808 bits per heavy atom. The molecule has 1 aromatic heterocycles. The Labute approximate surface area is 303 Å². The van der Waals surface area contributed by atoms with Gasteiger partial charge < -0.3 is 0 Å². The molecule has 0 saturated heterocycles. The Bertz CT molecular complexity index is 2490. The summed E-state index contributed by atoms with van der Waals surface area (Å²) in [5, 5.41) is 0.757. The van der Waals surface area contributed by atoms with Crippen molar-refractivity contribution in [1.29, 1.82) is 0 Å². The highest BCUT2D eigenvalue weighted by atomic mass is 31.2. The van der Waals surface area contributed by atoms with Gasteiger partial charge in [-0.05, 0) is 71.8 Å². The summed E-state index contributed by atoms with van der Waals surface area (Å²) in [5.74, 6) is 0.651. The van der Waals surface area contributed by atoms with Crippen molar-refractivity contribution in [2.75, 3.05) is 9.34 Å². The van der Waals surface area contributed by atoms with Gasteiger partial charge in [-0.15, -0.1) is 0 Å². The first-order valence-electron chi connectivity index (χ1n) is 17.3. The summed E-state index contributed by atoms with van der Waals surface area (Å²) in [7, 11) is -3.46. The van der Waals surface area contributed by atoms with Gasteiger partial charge in [0.05, 0.1) is 28.1 Å². The van der Waals surface area contributed by atoms with Gasteiger partial charge in [-0.1, -0.05) is 140 Å². The van der Waals surface area contributed by atoms with Crippen LogP contribution in [-0.2, 0) is 4.57 Å². The number of para-hydroxylation sites is 2. The fourth-order valence-electron chi connectivity index (χ4n) is 6.94. The lowest BCUT2D eigenvalue weighted by atomic mass is 10.0. The Morgan fingerprint density at radius 1 is 0.365 bits per heavy atom. The molecule has 0 amide bonds. The van der Waals surface area contributed by atoms with E-state index in [9.17, 15) is 0 Å². The summed E-state index contributed by atoms with van der Waals surface area (Å²) in [6.45, 7) is 0. The predicted octanol–water partition coefficient (Wildman–Crippen LogP) is 12.0. The van der Waals surface area contributed by atoms with Crippen LogP contribution < -0.4 is 14.6 Å². The van der Waals surface area contributed by atoms with Gasteiger partial charge in [0.15, 0.2) is 5.82 Å². The zero-order valence-corrected chi connectivity index (χ0v) is 29.1. The average molecular weight is 689 g/mol. The molecule has 248 valence electrons. The van der Waals surface area contributed by atoms with Crippen LogP contribution in [0, 0.1) is 0 Å². The lowest BCUT2D eigenvalue weighted by molar-refractivity contribution is 0.582. The molecule has 0 bridgehead atoms. The van der Waals surface area contributed by atoms with Gasteiger partial charge in [-0.25, -0.2) is 9.97 Å². The van der Waals surface area contributed by atoms with E-state index < -0.39 is 7.44 Å². The third kappa shape index (κ3) is 5.58. The summed E-state index contributed by atoms with van der Waals surface area (Å²) in [4.78, 5) is 10.2. The zero-order chi connectivity index (χ0) is 34.9. The van der Waals surface area contributed by atoms with Crippen LogP contribution in [0.4, 0.5) is 22.7 Å². The predicted molar refractivity (Wildman–Crippen MR) is 215 cm³/mol. The van der Waals surface area contributed by atoms with Crippen LogP contribution in [-0.4, -0.2) is 9.97 Å². The van der Waals surface area contributed by atoms with Gasteiger partial charge in [0, 0.05) is 28.1 Å². The van der Waals surface area contributed by atoms with E-state index in [1.54, 1.807) is 0 Å². The van der Waals surface area contributed by atoms with Gasteiger partial charge in [0.1, 0.15) is 0 Å². The highest BCUT2D eigenvalue weighted by Gasteiger charge is 2.49. The van der Waals surface area contributed by atoms with Crippen LogP contribution in [0.2, 0.25) is 0 Å². The standard InChI is InChI=1S/C46H33N4OP/c51-52(41-27-14-5-15-28-41)49(39-23-10-3-11-24-39)44-30-29-37(32-45(44)50(52)40-25-12-4-13-26-40)36-21-16-22-38(31-36)46-47-42(34-17-6-1-7-18-34)33-43(48-46)35-19-8-2-9-20-35/h1-33H. The molecular weight excluding hydrogens is 656 g/mol. The minimum atomic E-state index is -3.46. The molecule has 0 spiro atoms. The van der Waals surface area contributed by atoms with Crippen molar-refractivity contribution >= 4 is 35.5 Å². The van der Waals surface area contributed by atoms with Gasteiger partial charge in [0.2, 0.25) is 0 Å². The maximum absolute atomic E-state index is 16.0. The zero-order valence-electron chi connectivity index (χ0n) is 28.2. The van der Waals surface area contributed by atoms with E-state index in [0.717, 1.165) is 67.3 Å². The monoisotopic (exact) mass is 688 g/mol. The number of nitrogens with zero attached hydrogens (tertiary/aromatic N) is 4. The van der Waals surface area contributed by atoms with Gasteiger partial charge in [-0.3, -0.25) is 13.9 Å². The molecule has 5 nitrogen and oxygen atoms in total. The van der Waals surface area contributed by atoms with Crippen LogP contribution in [0.3, 0.4) is 0 Å². The highest BCUT2D eigenvalue weighted by molar-refractivity contribution is 7.76. The first-order valence-corrected chi connectivity index (χ1v) is 18.9. The molecule has 0 N–H and O–H groups in total. The van der Waals surface area contributed by atoms with Crippen molar-refractivity contribution in [2.45, 2.75) is 0 Å². The highest BCUT2D eigenvalue weighted by Crippen LogP contribution is 2.70. The Hall–Kier alpha value is -6.55. The molecular formula is C46H33N4OP. The largest absolute Gasteiger partial charge is 0.301 e. The van der Waals surface area contributed by atoms with Crippen molar-refractivity contribution in [1.82, 2.24) is 9.97 Å². The van der Waals surface area contributed by atoms with Crippen LogP contribution in [0.25, 0.3) is 45.0 Å². The lowest BCUT2D eigenvalue weighted by Crippen LogP contribution is -2.26. The molecule has 0 aliphatic carbocycles. The lowest BCUT2D eigenvalue weighted by Gasteiger charge is -2.33. The van der Waals surface area contributed by atoms with Crippen LogP contribution >= 0.6 is 7.44 Å². The number of benzene rings is 7. The number of fused-ring (bicyclic) bond motifs is 1. The third-order valence-corrected chi connectivity index (χ3v) is 12.3. The Balaban J connectivity index is 1.20. The van der Waals surface area contributed by atoms with Crippen LogP contribution in [0.15, 0.2) is 200 Å². The number of aromatic nitrogens is 2. The number of rotatable bonds is 7. The summed E-state index contributed by atoms with van der Waals surface area (Å²) >= 11 is 0. The fraction of sp³-hybridized carbons (Fsp3) is 0. The van der Waals surface area contributed by atoms with Crippen molar-refractivity contribution in [2.24, 2.45) is 0 Å². The molecule has 52 heavy (non-hydrogen) atoms. The normalized spacial score (nSPS) is 15.0. The van der Waals surface area contributed by atoms with E-state index >= 15 is 4.57 Å². The van der Waals surface area contributed by atoms with E-state index in [4.69, 9.17) is 9.97 Å². The van der Waals surface area contributed by atoms with E-state index in [0.29, 0.717) is 5.82 Å². The quantitative estimate of drug-likeness (QED) is 0.156. The summed E-state index contributed by atoms with van der Waals surface area (Å²) in [6, 6.07) is 67.2. The van der Waals surface area contributed by atoms with Crippen LogP contribution in [0.5, 0.6) is 0 Å². The Kier molecular flexibility index (Phi) is 8.04. The van der Waals surface area contributed by atoms with E-state index in [1.165, 1.54) is 0 Å². The van der Waals surface area contributed by atoms with Crippen molar-refractivity contribution in [3.63, 3.8) is 0 Å². The minimum Gasteiger partial charge on any atom is -0.270 e. The second kappa shape index (κ2) is 13.3. The molecule has 2 heterocycles. The van der Waals surface area contributed by atoms with Crippen molar-refractivity contribution < 1.29 is 4.57 Å². The van der Waals surface area contributed by atoms with Crippen molar-refractivity contribution in [3.05, 3.63) is 200 Å². The molecule has 0 fully saturated rings. The molecule has 0 saturated carbocycles. The Morgan fingerprint density at radius 3 is 1.37 bits per heavy atom. The van der Waals surface area contributed by atoms with Crippen LogP contribution in [0.1, 0.15) is 0 Å². The number of anilines is 4. The second-order valence-corrected chi connectivity index (χ2v) is 15.1. The molecule has 9 rings (SSSR count). The smallest absolute Gasteiger partial charge is 0.270 e. The molecule has 1 aliphatic rings. The summed E-state index contributed by atoms with van der Waals surface area (Å²) < 4.78 is 20.0. The summed E-state index contributed by atoms with van der Waals surface area (Å²) in [6.07, 6.45) is 0. The van der Waals surface area contributed by atoms with Crippen molar-refractivity contribution in [3.8, 4) is 45.0 Å². The maximum Gasteiger partial charge on any atom is 0.301 e. The minimum absolute atomic E-state index is 0.651. The van der Waals surface area contributed by atoms with Gasteiger partial charge >= 0.3 is 7.44 Å². The number of hydrogen-bond donors (Lipinski definition) is 0.